The quantitative estimate of drug-likeness (QED) is 0.515. The van der Waals surface area contributed by atoms with Crippen LogP contribution in [0.3, 0.4) is 0 Å². The molecule has 0 aliphatic heterocycles. The summed E-state index contributed by atoms with van der Waals surface area (Å²) in [5, 5.41) is 15.2. The van der Waals surface area contributed by atoms with Crippen LogP contribution in [-0.4, -0.2) is 51.5 Å². The van der Waals surface area contributed by atoms with Crippen LogP contribution in [0.15, 0.2) is 53.9 Å². The Kier molecular flexibility index (Phi) is 8.21. The van der Waals surface area contributed by atoms with Gasteiger partial charge in [0.2, 0.25) is 5.91 Å². The summed E-state index contributed by atoms with van der Waals surface area (Å²) in [7, 11) is 0. The number of nitrogens with one attached hydrogen (secondary N) is 1. The maximum atomic E-state index is 12.4. The summed E-state index contributed by atoms with van der Waals surface area (Å²) in [6.45, 7) is 0. The fourth-order valence-electron chi connectivity index (χ4n) is 3.42. The van der Waals surface area contributed by atoms with E-state index in [0.717, 1.165) is 10.6 Å². The van der Waals surface area contributed by atoms with Crippen molar-refractivity contribution in [3.05, 3.63) is 81.3 Å². The average Bonchev–Trinajstić information content (AvgIpc) is 3.14. The Morgan fingerprint density at radius 2 is 1.94 bits per heavy atom. The van der Waals surface area contributed by atoms with Crippen molar-refractivity contribution in [3.8, 4) is 0 Å². The number of rotatable bonds is 7. The number of aromatic nitrogens is 1. The molecule has 0 saturated heterocycles. The number of anilines is 1. The molecule has 1 saturated carbocycles. The van der Waals surface area contributed by atoms with Crippen LogP contribution in [0.5, 0.6) is 0 Å². The number of benzene rings is 2. The molecule has 0 atom stereocenters. The molecule has 2 N–H and O–H groups in total. The summed E-state index contributed by atoms with van der Waals surface area (Å²) < 4.78 is 0. The van der Waals surface area contributed by atoms with Gasteiger partial charge in [-0.05, 0) is 48.2 Å². The average molecular weight is 443 g/mol. The number of hydrogen-bond donors (Lipinski definition) is 2. The summed E-state index contributed by atoms with van der Waals surface area (Å²) >= 11 is 1.65. The van der Waals surface area contributed by atoms with Crippen LogP contribution in [0.1, 0.15) is 57.4 Å². The molecule has 154 valence electrons. The zero-order valence-electron chi connectivity index (χ0n) is 16.4. The fraction of sp³-hybridized carbons (Fsp3) is 0.208. The number of aromatic carboxylic acids is 1. The van der Waals surface area contributed by atoms with Crippen LogP contribution in [0.25, 0.3) is 12.2 Å². The zero-order valence-corrected chi connectivity index (χ0v) is 17.2. The number of carbonyl (C=O) groups excluding carboxylic acids is 1. The van der Waals surface area contributed by atoms with Crippen LogP contribution >= 0.6 is 11.3 Å². The van der Waals surface area contributed by atoms with Crippen molar-refractivity contribution in [3.63, 3.8) is 0 Å². The topological polar surface area (TPSA) is 79.3 Å². The molecule has 1 amide bonds. The molecular formula is C24H23N2NaO3S. The van der Waals surface area contributed by atoms with E-state index in [0.29, 0.717) is 17.2 Å². The van der Waals surface area contributed by atoms with Gasteiger partial charge in [-0.15, -0.1) is 11.3 Å². The molecule has 2 aromatic carbocycles. The molecule has 1 aliphatic carbocycles. The number of carbonyl (C=O) groups is 2. The van der Waals surface area contributed by atoms with E-state index >= 15 is 0 Å². The first-order valence-corrected chi connectivity index (χ1v) is 10.8. The van der Waals surface area contributed by atoms with Crippen molar-refractivity contribution in [1.29, 1.82) is 0 Å². The molecule has 3 aromatic rings. The van der Waals surface area contributed by atoms with Crippen LogP contribution < -0.4 is 5.32 Å². The van der Waals surface area contributed by atoms with E-state index in [1.165, 1.54) is 31.0 Å². The Morgan fingerprint density at radius 3 is 2.68 bits per heavy atom. The second-order valence-corrected chi connectivity index (χ2v) is 8.27. The Bertz CT molecular complexity index is 1110. The summed E-state index contributed by atoms with van der Waals surface area (Å²) in [6, 6.07) is 14.1. The summed E-state index contributed by atoms with van der Waals surface area (Å²) in [6.07, 6.45) is 7.77. The first kappa shape index (κ1) is 23.4. The van der Waals surface area contributed by atoms with E-state index < -0.39 is 5.97 Å². The van der Waals surface area contributed by atoms with Crippen LogP contribution in [0.4, 0.5) is 5.69 Å². The minimum absolute atomic E-state index is 0. The number of hydrogen-bond acceptors (Lipinski definition) is 4. The van der Waals surface area contributed by atoms with Gasteiger partial charge in [0.1, 0.15) is 5.01 Å². The molecule has 31 heavy (non-hydrogen) atoms. The molecule has 0 radical (unpaired) electrons. The molecular weight excluding hydrogens is 419 g/mol. The predicted octanol–water partition coefficient (Wildman–Crippen LogP) is 4.81. The van der Waals surface area contributed by atoms with Gasteiger partial charge in [0.05, 0.1) is 17.7 Å². The molecule has 1 heterocycles. The maximum absolute atomic E-state index is 12.4. The van der Waals surface area contributed by atoms with E-state index in [1.807, 2.05) is 36.4 Å². The van der Waals surface area contributed by atoms with E-state index in [1.54, 1.807) is 29.5 Å². The van der Waals surface area contributed by atoms with E-state index in [-0.39, 0.29) is 47.4 Å². The Labute approximate surface area is 207 Å². The van der Waals surface area contributed by atoms with Gasteiger partial charge in [0.15, 0.2) is 0 Å². The Balaban J connectivity index is 0.00000272. The van der Waals surface area contributed by atoms with Crippen molar-refractivity contribution in [2.45, 2.75) is 31.6 Å². The normalized spacial score (nSPS) is 13.4. The van der Waals surface area contributed by atoms with Crippen molar-refractivity contribution in [2.75, 3.05) is 5.32 Å². The summed E-state index contributed by atoms with van der Waals surface area (Å²) in [5.41, 5.74) is 3.47. The molecule has 0 spiro atoms. The molecule has 1 aliphatic rings. The van der Waals surface area contributed by atoms with E-state index in [9.17, 15) is 14.7 Å². The molecule has 1 aromatic heterocycles. The van der Waals surface area contributed by atoms with Gasteiger partial charge >= 0.3 is 35.5 Å². The van der Waals surface area contributed by atoms with E-state index in [2.05, 4.69) is 10.7 Å². The van der Waals surface area contributed by atoms with Crippen molar-refractivity contribution >= 4 is 70.6 Å². The van der Waals surface area contributed by atoms with Crippen LogP contribution in [-0.2, 0) is 11.2 Å². The minimum atomic E-state index is -1.03. The van der Waals surface area contributed by atoms with Crippen molar-refractivity contribution in [2.24, 2.45) is 0 Å². The molecule has 7 heteroatoms. The summed E-state index contributed by atoms with van der Waals surface area (Å²) in [5.74, 6) is -0.656. The van der Waals surface area contributed by atoms with Gasteiger partial charge in [-0.3, -0.25) is 4.79 Å². The number of thiazole rings is 1. The van der Waals surface area contributed by atoms with E-state index in [4.69, 9.17) is 4.98 Å². The van der Waals surface area contributed by atoms with Gasteiger partial charge < -0.3 is 10.4 Å². The van der Waals surface area contributed by atoms with Gasteiger partial charge in [-0.2, -0.15) is 0 Å². The number of amides is 1. The number of carboxylic acid groups (broad SMARTS) is 1. The van der Waals surface area contributed by atoms with Gasteiger partial charge in [0.25, 0.3) is 0 Å². The van der Waals surface area contributed by atoms with Crippen molar-refractivity contribution in [1.82, 2.24) is 4.98 Å². The molecule has 4 rings (SSSR count). The van der Waals surface area contributed by atoms with Gasteiger partial charge in [-0.25, -0.2) is 9.78 Å². The number of nitrogens with zero attached hydrogens (tertiary/aromatic N) is 1. The second kappa shape index (κ2) is 10.9. The Morgan fingerprint density at radius 1 is 1.13 bits per heavy atom. The van der Waals surface area contributed by atoms with Gasteiger partial charge in [0, 0.05) is 17.0 Å². The molecule has 1 fully saturated rings. The first-order valence-electron chi connectivity index (χ1n) is 9.93. The Hall–Kier alpha value is -2.25. The summed E-state index contributed by atoms with van der Waals surface area (Å²) in [4.78, 5) is 28.4. The molecule has 0 unspecified atom stereocenters. The molecule has 5 nitrogen and oxygen atoms in total. The number of carboxylic acids is 1. The second-order valence-electron chi connectivity index (χ2n) is 7.38. The predicted molar refractivity (Wildman–Crippen MR) is 127 cm³/mol. The first-order chi connectivity index (χ1) is 14.6. The zero-order chi connectivity index (χ0) is 20.9. The third kappa shape index (κ3) is 6.14. The standard InChI is InChI=1S/C24H22N2O3S.Na.H/c27-22(14-18-6-1-2-10-20(18)24(28)29)25-19-9-3-5-16(13-19)11-12-23-26-21(15-30-23)17-7-4-8-17;;/h1-3,5-6,9-13,15,17H,4,7-8,14H2,(H,25,27)(H,28,29);;/b12-11+;;. The van der Waals surface area contributed by atoms with Crippen LogP contribution in [0.2, 0.25) is 0 Å². The SMILES string of the molecule is O=C(Cc1ccccc1C(=O)O)Nc1cccc(/C=C/c2nc(C3CCC3)cs2)c1.[NaH]. The van der Waals surface area contributed by atoms with Gasteiger partial charge in [-0.1, -0.05) is 42.8 Å². The third-order valence-electron chi connectivity index (χ3n) is 5.25. The van der Waals surface area contributed by atoms with Crippen LogP contribution in [0, 0.1) is 0 Å². The molecule has 0 bridgehead atoms. The van der Waals surface area contributed by atoms with Crippen molar-refractivity contribution < 1.29 is 14.7 Å². The fourth-order valence-corrected chi connectivity index (χ4v) is 4.21. The third-order valence-corrected chi connectivity index (χ3v) is 6.08. The monoisotopic (exact) mass is 442 g/mol.